The van der Waals surface area contributed by atoms with Gasteiger partial charge in [0.2, 0.25) is 0 Å². The Morgan fingerprint density at radius 3 is 2.64 bits per heavy atom. The van der Waals surface area contributed by atoms with Crippen molar-refractivity contribution in [2.75, 3.05) is 19.5 Å². The number of hydrogen-bond donors (Lipinski definition) is 3. The second kappa shape index (κ2) is 7.87. The molecule has 140 valence electrons. The topological polar surface area (TPSA) is 105 Å². The summed E-state index contributed by atoms with van der Waals surface area (Å²) in [7, 11) is 0. The van der Waals surface area contributed by atoms with Crippen LogP contribution in [0.1, 0.15) is 24.5 Å². The summed E-state index contributed by atoms with van der Waals surface area (Å²) in [4.78, 5) is 26.3. The largest absolute Gasteiger partial charge is 0.388 e. The molecule has 0 bridgehead atoms. The molecular formula is C17H27N2O5P. The highest BCUT2D eigenvalue weighted by Crippen LogP contribution is 2.40. The summed E-state index contributed by atoms with van der Waals surface area (Å²) < 4.78 is 7.13. The van der Waals surface area contributed by atoms with Gasteiger partial charge in [-0.05, 0) is 32.3 Å². The molecule has 0 radical (unpaired) electrons. The minimum atomic E-state index is -1.29. The third kappa shape index (κ3) is 4.82. The predicted molar refractivity (Wildman–Crippen MR) is 101 cm³/mol. The van der Waals surface area contributed by atoms with Gasteiger partial charge in [-0.1, -0.05) is 6.08 Å². The number of hydrogen-bond acceptors (Lipinski definition) is 5. The van der Waals surface area contributed by atoms with Gasteiger partial charge in [0.1, 0.15) is 18.3 Å². The number of H-pyrrole nitrogens is 1. The van der Waals surface area contributed by atoms with Gasteiger partial charge in [0.25, 0.3) is 5.56 Å². The van der Waals surface area contributed by atoms with E-state index < -0.39 is 42.6 Å². The third-order valence-electron chi connectivity index (χ3n) is 4.30. The van der Waals surface area contributed by atoms with Crippen LogP contribution in [0.4, 0.5) is 0 Å². The van der Waals surface area contributed by atoms with Crippen molar-refractivity contribution in [1.29, 1.82) is 0 Å². The molecule has 2 rings (SSSR count). The molecule has 0 saturated carbocycles. The van der Waals surface area contributed by atoms with E-state index >= 15 is 0 Å². The number of aliphatic hydroxyl groups excluding tert-OH is 2. The van der Waals surface area contributed by atoms with Gasteiger partial charge >= 0.3 is 5.69 Å². The lowest BCUT2D eigenvalue weighted by atomic mass is 10.0. The van der Waals surface area contributed by atoms with E-state index in [9.17, 15) is 19.8 Å². The number of aryl methyl sites for hydroxylation is 1. The van der Waals surface area contributed by atoms with Crippen LogP contribution in [0.2, 0.25) is 0 Å². The molecule has 0 aromatic carbocycles. The fraction of sp³-hybridized carbons (Fsp3) is 0.588. The first-order chi connectivity index (χ1) is 11.6. The van der Waals surface area contributed by atoms with Crippen LogP contribution in [0.25, 0.3) is 0 Å². The zero-order chi connectivity index (χ0) is 18.8. The lowest BCUT2D eigenvalue weighted by Gasteiger charge is -2.18. The number of ether oxygens (including phenoxy) is 1. The van der Waals surface area contributed by atoms with E-state index in [0.717, 1.165) is 6.16 Å². The Balaban J connectivity index is 2.26. The summed E-state index contributed by atoms with van der Waals surface area (Å²) in [6, 6.07) is 0. The van der Waals surface area contributed by atoms with Crippen LogP contribution < -0.4 is 11.2 Å². The molecule has 1 aliphatic rings. The van der Waals surface area contributed by atoms with E-state index in [1.807, 2.05) is 0 Å². The van der Waals surface area contributed by atoms with Crippen molar-refractivity contribution in [3.8, 4) is 0 Å². The highest BCUT2D eigenvalue weighted by molar-refractivity contribution is 7.72. The second-order valence-electron chi connectivity index (χ2n) is 7.14. The molecule has 25 heavy (non-hydrogen) atoms. The molecular weight excluding hydrogens is 343 g/mol. The van der Waals surface area contributed by atoms with Gasteiger partial charge in [0.05, 0.1) is 11.7 Å². The maximum Gasteiger partial charge on any atom is 0.328 e. The predicted octanol–water partition coefficient (Wildman–Crippen LogP) is 0.374. The first kappa shape index (κ1) is 19.9. The number of nitrogens with zero attached hydrogens (tertiary/aromatic N) is 1. The Labute approximate surface area is 146 Å². The number of rotatable bonds is 7. The average molecular weight is 370 g/mol. The minimum Gasteiger partial charge on any atom is -0.388 e. The standard InChI is InChI=1S/C17H27N2O5P/c1-5-6-8-19-10-11(16(22)18-17(19)23)15-14(21)13(20)12(24-15)7-9-25(2,3)4/h5,10,12-15,20-21H,1-2,6-9H2,3-4H3,(H,18,22,23)/t12?,13-,14-,15?/m1/s1. The summed E-state index contributed by atoms with van der Waals surface area (Å²) in [5.41, 5.74) is -0.994. The highest BCUT2D eigenvalue weighted by Gasteiger charge is 2.44. The van der Waals surface area contributed by atoms with Crippen molar-refractivity contribution < 1.29 is 14.9 Å². The van der Waals surface area contributed by atoms with Gasteiger partial charge in [-0.25, -0.2) is 4.79 Å². The zero-order valence-electron chi connectivity index (χ0n) is 14.7. The second-order valence-corrected chi connectivity index (χ2v) is 11.5. The van der Waals surface area contributed by atoms with E-state index in [1.165, 1.54) is 10.8 Å². The molecule has 1 fully saturated rings. The Bertz CT molecular complexity index is 778. The quantitative estimate of drug-likeness (QED) is 0.475. The molecule has 8 heteroatoms. The van der Waals surface area contributed by atoms with Crippen molar-refractivity contribution in [3.63, 3.8) is 0 Å². The maximum atomic E-state index is 12.2. The molecule has 1 aromatic heterocycles. The van der Waals surface area contributed by atoms with Crippen LogP contribution in [0.5, 0.6) is 0 Å². The number of aliphatic hydroxyl groups is 2. The van der Waals surface area contributed by atoms with Gasteiger partial charge in [0, 0.05) is 12.7 Å². The summed E-state index contributed by atoms with van der Waals surface area (Å²) >= 11 is 0. The Morgan fingerprint density at radius 2 is 2.04 bits per heavy atom. The van der Waals surface area contributed by atoms with Crippen molar-refractivity contribution in [2.45, 2.75) is 43.8 Å². The SMILES string of the molecule is C=CCCn1cc(C2OC(CCP(=C)(C)C)[C@@H](O)[C@H]2O)c(=O)[nH]c1=O. The van der Waals surface area contributed by atoms with E-state index in [4.69, 9.17) is 4.74 Å². The first-order valence-electron chi connectivity index (χ1n) is 8.27. The van der Waals surface area contributed by atoms with Crippen LogP contribution >= 0.6 is 6.89 Å². The van der Waals surface area contributed by atoms with Crippen molar-refractivity contribution in [1.82, 2.24) is 9.55 Å². The molecule has 7 nitrogen and oxygen atoms in total. The monoisotopic (exact) mass is 370 g/mol. The molecule has 2 unspecified atom stereocenters. The number of nitrogens with one attached hydrogen (secondary N) is 1. The van der Waals surface area contributed by atoms with Gasteiger partial charge in [-0.3, -0.25) is 14.3 Å². The normalized spacial score (nSPS) is 26.7. The van der Waals surface area contributed by atoms with E-state index in [-0.39, 0.29) is 5.56 Å². The molecule has 2 heterocycles. The van der Waals surface area contributed by atoms with Crippen LogP contribution in [0.15, 0.2) is 28.4 Å². The molecule has 3 N–H and O–H groups in total. The summed E-state index contributed by atoms with van der Waals surface area (Å²) in [6.07, 6.45) is 5.30. The number of aromatic amines is 1. The van der Waals surface area contributed by atoms with Gasteiger partial charge in [-0.15, -0.1) is 19.8 Å². The smallest absolute Gasteiger partial charge is 0.328 e. The fourth-order valence-corrected chi connectivity index (χ4v) is 3.80. The molecule has 0 aliphatic carbocycles. The number of aromatic nitrogens is 2. The average Bonchev–Trinajstić information content (AvgIpc) is 2.80. The molecule has 1 aliphatic heterocycles. The summed E-state index contributed by atoms with van der Waals surface area (Å²) in [5, 5.41) is 20.6. The first-order valence-corrected chi connectivity index (χ1v) is 11.3. The Hall–Kier alpha value is -1.40. The molecule has 0 spiro atoms. The van der Waals surface area contributed by atoms with Crippen LogP contribution in [-0.2, 0) is 11.3 Å². The van der Waals surface area contributed by atoms with E-state index in [2.05, 4.69) is 31.2 Å². The fourth-order valence-electron chi connectivity index (χ4n) is 2.85. The zero-order valence-corrected chi connectivity index (χ0v) is 15.6. The van der Waals surface area contributed by atoms with Crippen LogP contribution in [0, 0.1) is 0 Å². The highest BCUT2D eigenvalue weighted by atomic mass is 31.2. The molecule has 0 amide bonds. The third-order valence-corrected chi connectivity index (χ3v) is 5.77. The maximum absolute atomic E-state index is 12.2. The van der Waals surface area contributed by atoms with Crippen molar-refractivity contribution >= 4 is 13.2 Å². The summed E-state index contributed by atoms with van der Waals surface area (Å²) in [5.74, 6) is 0. The lowest BCUT2D eigenvalue weighted by molar-refractivity contribution is 0.00494. The minimum absolute atomic E-state index is 0.140. The Kier molecular flexibility index (Phi) is 6.27. The van der Waals surface area contributed by atoms with Crippen molar-refractivity contribution in [2.24, 2.45) is 0 Å². The Morgan fingerprint density at radius 1 is 1.36 bits per heavy atom. The van der Waals surface area contributed by atoms with Crippen LogP contribution in [-0.4, -0.2) is 63.9 Å². The van der Waals surface area contributed by atoms with Crippen LogP contribution in [0.3, 0.4) is 0 Å². The molecule has 4 atom stereocenters. The van der Waals surface area contributed by atoms with E-state index in [0.29, 0.717) is 19.4 Å². The van der Waals surface area contributed by atoms with Crippen molar-refractivity contribution in [3.05, 3.63) is 45.3 Å². The molecule has 1 saturated heterocycles. The lowest BCUT2D eigenvalue weighted by Crippen LogP contribution is -2.35. The van der Waals surface area contributed by atoms with Gasteiger partial charge in [-0.2, -0.15) is 0 Å². The van der Waals surface area contributed by atoms with Gasteiger partial charge in [0.15, 0.2) is 0 Å². The van der Waals surface area contributed by atoms with E-state index in [1.54, 1.807) is 6.08 Å². The number of allylic oxidation sites excluding steroid dienone is 1. The van der Waals surface area contributed by atoms with Gasteiger partial charge < -0.3 is 14.9 Å². The summed E-state index contributed by atoms with van der Waals surface area (Å²) in [6.45, 7) is 6.85. The molecule has 1 aromatic rings.